The number of hydrogen-bond donors (Lipinski definition) is 2. The Bertz CT molecular complexity index is 576. The van der Waals surface area contributed by atoms with Crippen molar-refractivity contribution in [3.8, 4) is 0 Å². The van der Waals surface area contributed by atoms with Crippen LogP contribution < -0.4 is 10.7 Å². The summed E-state index contributed by atoms with van der Waals surface area (Å²) in [4.78, 5) is 25.9. The van der Waals surface area contributed by atoms with E-state index >= 15 is 0 Å². The van der Waals surface area contributed by atoms with Crippen molar-refractivity contribution in [1.29, 1.82) is 0 Å². The highest BCUT2D eigenvalue weighted by molar-refractivity contribution is 5.93. The van der Waals surface area contributed by atoms with E-state index in [9.17, 15) is 9.59 Å². The van der Waals surface area contributed by atoms with E-state index in [1.807, 2.05) is 30.3 Å². The van der Waals surface area contributed by atoms with Crippen LogP contribution in [-0.4, -0.2) is 17.4 Å². The topological polar surface area (TPSA) is 62.0 Å². The zero-order chi connectivity index (χ0) is 12.8. The van der Waals surface area contributed by atoms with E-state index in [-0.39, 0.29) is 16.9 Å². The first kappa shape index (κ1) is 12.1. The van der Waals surface area contributed by atoms with Crippen LogP contribution in [0.1, 0.15) is 15.9 Å². The Labute approximate surface area is 105 Å². The van der Waals surface area contributed by atoms with Crippen molar-refractivity contribution in [1.82, 2.24) is 10.3 Å². The van der Waals surface area contributed by atoms with Crippen molar-refractivity contribution in [2.24, 2.45) is 0 Å². The molecule has 92 valence electrons. The fourth-order valence-corrected chi connectivity index (χ4v) is 1.65. The summed E-state index contributed by atoms with van der Waals surface area (Å²) in [7, 11) is 0. The standard InChI is InChI=1S/C14H14N2O2/c17-13-7-8-15-10-12(13)14(18)16-9-6-11-4-2-1-3-5-11/h1-5,7-8,10H,6,9H2,(H,15,17)(H,16,18). The monoisotopic (exact) mass is 242 g/mol. The van der Waals surface area contributed by atoms with Crippen LogP contribution in [0.3, 0.4) is 0 Å². The predicted octanol–water partition coefficient (Wildman–Crippen LogP) is 1.35. The summed E-state index contributed by atoms with van der Waals surface area (Å²) in [6.07, 6.45) is 3.67. The summed E-state index contributed by atoms with van der Waals surface area (Å²) in [5.74, 6) is -0.340. The molecule has 2 rings (SSSR count). The highest BCUT2D eigenvalue weighted by atomic mass is 16.2. The number of benzene rings is 1. The molecule has 4 heteroatoms. The van der Waals surface area contributed by atoms with Gasteiger partial charge in [0.15, 0.2) is 5.43 Å². The number of rotatable bonds is 4. The lowest BCUT2D eigenvalue weighted by Crippen LogP contribution is -2.30. The average molecular weight is 242 g/mol. The number of hydrogen-bond acceptors (Lipinski definition) is 2. The number of H-pyrrole nitrogens is 1. The van der Waals surface area contributed by atoms with Gasteiger partial charge in [-0.05, 0) is 12.0 Å². The summed E-state index contributed by atoms with van der Waals surface area (Å²) >= 11 is 0. The molecule has 0 radical (unpaired) electrons. The third kappa shape index (κ3) is 3.07. The van der Waals surface area contributed by atoms with Gasteiger partial charge in [-0.3, -0.25) is 9.59 Å². The number of nitrogens with one attached hydrogen (secondary N) is 2. The van der Waals surface area contributed by atoms with Crippen LogP contribution in [0.15, 0.2) is 53.6 Å². The van der Waals surface area contributed by atoms with E-state index in [4.69, 9.17) is 0 Å². The van der Waals surface area contributed by atoms with Gasteiger partial charge in [-0.1, -0.05) is 30.3 Å². The lowest BCUT2D eigenvalue weighted by Gasteiger charge is -2.04. The van der Waals surface area contributed by atoms with E-state index in [2.05, 4.69) is 10.3 Å². The van der Waals surface area contributed by atoms with Crippen molar-refractivity contribution in [2.45, 2.75) is 6.42 Å². The Kier molecular flexibility index (Phi) is 3.91. The Morgan fingerprint density at radius 1 is 1.17 bits per heavy atom. The maximum absolute atomic E-state index is 11.7. The van der Waals surface area contributed by atoms with Gasteiger partial charge in [-0.25, -0.2) is 0 Å². The zero-order valence-electron chi connectivity index (χ0n) is 9.85. The van der Waals surface area contributed by atoms with Crippen molar-refractivity contribution < 1.29 is 4.79 Å². The summed E-state index contributed by atoms with van der Waals surface area (Å²) in [5, 5.41) is 2.73. The van der Waals surface area contributed by atoms with Gasteiger partial charge in [0.2, 0.25) is 0 Å². The number of pyridine rings is 1. The van der Waals surface area contributed by atoms with Gasteiger partial charge in [-0.15, -0.1) is 0 Å². The van der Waals surface area contributed by atoms with Gasteiger partial charge in [0.1, 0.15) is 5.56 Å². The SMILES string of the molecule is O=C(NCCc1ccccc1)c1c[nH]ccc1=O. The minimum Gasteiger partial charge on any atom is -0.367 e. The third-order valence-electron chi connectivity index (χ3n) is 2.61. The largest absolute Gasteiger partial charge is 0.367 e. The molecule has 0 saturated carbocycles. The first-order chi connectivity index (χ1) is 8.77. The maximum atomic E-state index is 11.7. The highest BCUT2D eigenvalue weighted by Gasteiger charge is 2.08. The summed E-state index contributed by atoms with van der Waals surface area (Å²) < 4.78 is 0. The maximum Gasteiger partial charge on any atom is 0.256 e. The van der Waals surface area contributed by atoms with Crippen LogP contribution in [0.2, 0.25) is 0 Å². The second-order valence-corrected chi connectivity index (χ2v) is 3.91. The number of carbonyl (C=O) groups excluding carboxylic acids is 1. The van der Waals surface area contributed by atoms with Gasteiger partial charge in [0.05, 0.1) is 0 Å². The second kappa shape index (κ2) is 5.82. The summed E-state index contributed by atoms with van der Waals surface area (Å²) in [6, 6.07) is 11.2. The lowest BCUT2D eigenvalue weighted by atomic mass is 10.1. The van der Waals surface area contributed by atoms with Crippen LogP contribution >= 0.6 is 0 Å². The van der Waals surface area contributed by atoms with Gasteiger partial charge in [0, 0.05) is 25.0 Å². The molecule has 0 unspecified atom stereocenters. The fraction of sp³-hybridized carbons (Fsp3) is 0.143. The van der Waals surface area contributed by atoms with E-state index in [0.29, 0.717) is 6.54 Å². The summed E-state index contributed by atoms with van der Waals surface area (Å²) in [6.45, 7) is 0.511. The minimum atomic E-state index is -0.340. The van der Waals surface area contributed by atoms with Crippen molar-refractivity contribution in [2.75, 3.05) is 6.54 Å². The molecule has 1 heterocycles. The van der Waals surface area contributed by atoms with E-state index in [1.54, 1.807) is 0 Å². The van der Waals surface area contributed by atoms with Crippen LogP contribution in [0.25, 0.3) is 0 Å². The average Bonchev–Trinajstić information content (AvgIpc) is 2.40. The first-order valence-electron chi connectivity index (χ1n) is 5.76. The van der Waals surface area contributed by atoms with Crippen LogP contribution in [-0.2, 0) is 6.42 Å². The molecule has 0 saturated heterocycles. The smallest absolute Gasteiger partial charge is 0.256 e. The molecule has 1 amide bonds. The van der Waals surface area contributed by atoms with Gasteiger partial charge >= 0.3 is 0 Å². The van der Waals surface area contributed by atoms with Crippen LogP contribution in [0, 0.1) is 0 Å². The molecule has 0 aliphatic rings. The molecule has 0 aliphatic heterocycles. The molecule has 2 N–H and O–H groups in total. The fourth-order valence-electron chi connectivity index (χ4n) is 1.65. The molecule has 0 fully saturated rings. The molecule has 0 spiro atoms. The molecule has 1 aromatic carbocycles. The molecule has 2 aromatic rings. The molecule has 0 atom stereocenters. The Morgan fingerprint density at radius 2 is 1.94 bits per heavy atom. The molecule has 0 aliphatic carbocycles. The highest BCUT2D eigenvalue weighted by Crippen LogP contribution is 1.98. The van der Waals surface area contributed by atoms with Gasteiger partial charge in [-0.2, -0.15) is 0 Å². The lowest BCUT2D eigenvalue weighted by molar-refractivity contribution is 0.0952. The van der Waals surface area contributed by atoms with E-state index < -0.39 is 0 Å². The van der Waals surface area contributed by atoms with Crippen LogP contribution in [0.5, 0.6) is 0 Å². The van der Waals surface area contributed by atoms with Crippen LogP contribution in [0.4, 0.5) is 0 Å². The van der Waals surface area contributed by atoms with Crippen molar-refractivity contribution in [3.63, 3.8) is 0 Å². The molecule has 4 nitrogen and oxygen atoms in total. The molecular weight excluding hydrogens is 228 g/mol. The van der Waals surface area contributed by atoms with Gasteiger partial charge in [0.25, 0.3) is 5.91 Å². The molecule has 0 bridgehead atoms. The molecular formula is C14H14N2O2. The Hall–Kier alpha value is -2.36. The summed E-state index contributed by atoms with van der Waals surface area (Å²) in [5.41, 5.74) is 1.02. The number of amides is 1. The molecule has 1 aromatic heterocycles. The number of carbonyl (C=O) groups is 1. The normalized spacial score (nSPS) is 10.0. The van der Waals surface area contributed by atoms with Crippen molar-refractivity contribution >= 4 is 5.91 Å². The zero-order valence-corrected chi connectivity index (χ0v) is 9.85. The Balaban J connectivity index is 1.90. The van der Waals surface area contributed by atoms with E-state index in [1.165, 1.54) is 18.5 Å². The predicted molar refractivity (Wildman–Crippen MR) is 69.5 cm³/mol. The van der Waals surface area contributed by atoms with Gasteiger partial charge < -0.3 is 10.3 Å². The number of aromatic amines is 1. The third-order valence-corrected chi connectivity index (χ3v) is 2.61. The minimum absolute atomic E-state index is 0.144. The quantitative estimate of drug-likeness (QED) is 0.850. The second-order valence-electron chi connectivity index (χ2n) is 3.91. The molecule has 18 heavy (non-hydrogen) atoms. The van der Waals surface area contributed by atoms with Crippen molar-refractivity contribution in [3.05, 3.63) is 70.1 Å². The Morgan fingerprint density at radius 3 is 2.67 bits per heavy atom. The van der Waals surface area contributed by atoms with E-state index in [0.717, 1.165) is 12.0 Å². The first-order valence-corrected chi connectivity index (χ1v) is 5.76. The number of aromatic nitrogens is 1.